The van der Waals surface area contributed by atoms with Crippen molar-refractivity contribution in [2.45, 2.75) is 34.0 Å². The molecule has 0 aromatic carbocycles. The summed E-state index contributed by atoms with van der Waals surface area (Å²) in [5.41, 5.74) is 1.94. The van der Waals surface area contributed by atoms with Crippen LogP contribution >= 0.6 is 0 Å². The topological polar surface area (TPSA) is 44.2 Å². The molecule has 0 atom stereocenters. The maximum absolute atomic E-state index is 5.17. The molecule has 0 bridgehead atoms. The molecular weight excluding hydrogens is 204 g/mol. The first-order valence-corrected chi connectivity index (χ1v) is 5.58. The number of aromatic nitrogens is 2. The molecule has 1 aromatic heterocycles. The van der Waals surface area contributed by atoms with E-state index in [4.69, 9.17) is 9.47 Å². The average molecular weight is 224 g/mol. The Morgan fingerprint density at radius 2 is 1.44 bits per heavy atom. The zero-order chi connectivity index (χ0) is 12.0. The molecule has 4 heteroatoms. The molecule has 0 aliphatic carbocycles. The standard InChI is InChI=1S/C6H8N2.C6H12O2/c1-5-3-4-6(2)8-7-5;1-5-3-7-6(2)8-4-5/h3-4H,1-2H3;5-6H,3-4H2,1-2H3. The Balaban J connectivity index is 0.000000160. The highest BCUT2D eigenvalue weighted by Gasteiger charge is 2.13. The van der Waals surface area contributed by atoms with Crippen LogP contribution in [0, 0.1) is 19.8 Å². The normalized spacial score (nSPS) is 24.5. The Kier molecular flexibility index (Phi) is 5.35. The van der Waals surface area contributed by atoms with E-state index in [1.54, 1.807) is 0 Å². The summed E-state index contributed by atoms with van der Waals surface area (Å²) in [6.07, 6.45) is 0.0196. The molecule has 1 aliphatic heterocycles. The summed E-state index contributed by atoms with van der Waals surface area (Å²) in [6, 6.07) is 3.89. The molecule has 2 rings (SSSR count). The summed E-state index contributed by atoms with van der Waals surface area (Å²) >= 11 is 0. The zero-order valence-electron chi connectivity index (χ0n) is 10.4. The van der Waals surface area contributed by atoms with E-state index in [-0.39, 0.29) is 6.29 Å². The molecule has 0 N–H and O–H groups in total. The number of aryl methyl sites for hydroxylation is 2. The lowest BCUT2D eigenvalue weighted by Crippen LogP contribution is -2.27. The van der Waals surface area contributed by atoms with Gasteiger partial charge in [-0.3, -0.25) is 0 Å². The first-order valence-electron chi connectivity index (χ1n) is 5.58. The number of hydrogen-bond donors (Lipinski definition) is 0. The molecule has 1 aliphatic rings. The molecule has 1 saturated heterocycles. The molecule has 16 heavy (non-hydrogen) atoms. The van der Waals surface area contributed by atoms with Crippen LogP contribution in [0.3, 0.4) is 0 Å². The van der Waals surface area contributed by atoms with E-state index in [1.165, 1.54) is 0 Å². The van der Waals surface area contributed by atoms with Crippen LogP contribution in [-0.4, -0.2) is 29.7 Å². The van der Waals surface area contributed by atoms with Gasteiger partial charge in [-0.2, -0.15) is 10.2 Å². The third-order valence-corrected chi connectivity index (χ3v) is 2.16. The zero-order valence-corrected chi connectivity index (χ0v) is 10.4. The van der Waals surface area contributed by atoms with Crippen molar-refractivity contribution in [3.05, 3.63) is 23.5 Å². The van der Waals surface area contributed by atoms with Gasteiger partial charge in [0.1, 0.15) is 0 Å². The van der Waals surface area contributed by atoms with Crippen molar-refractivity contribution in [1.82, 2.24) is 10.2 Å². The van der Waals surface area contributed by atoms with Gasteiger partial charge in [-0.15, -0.1) is 0 Å². The number of ether oxygens (including phenoxy) is 2. The molecular formula is C12H20N2O2. The van der Waals surface area contributed by atoms with E-state index in [2.05, 4.69) is 17.1 Å². The van der Waals surface area contributed by atoms with Gasteiger partial charge in [-0.25, -0.2) is 0 Å². The van der Waals surface area contributed by atoms with Crippen LogP contribution in [0.2, 0.25) is 0 Å². The van der Waals surface area contributed by atoms with Gasteiger partial charge in [0.15, 0.2) is 6.29 Å². The fourth-order valence-electron chi connectivity index (χ4n) is 1.16. The minimum absolute atomic E-state index is 0.0196. The van der Waals surface area contributed by atoms with Crippen LogP contribution in [0.15, 0.2) is 12.1 Å². The summed E-state index contributed by atoms with van der Waals surface area (Å²) in [6.45, 7) is 9.58. The smallest absolute Gasteiger partial charge is 0.154 e. The van der Waals surface area contributed by atoms with Crippen LogP contribution in [0.5, 0.6) is 0 Å². The molecule has 90 valence electrons. The van der Waals surface area contributed by atoms with E-state index in [9.17, 15) is 0 Å². The van der Waals surface area contributed by atoms with Gasteiger partial charge in [0.2, 0.25) is 0 Å². The molecule has 0 unspecified atom stereocenters. The molecule has 0 saturated carbocycles. The highest BCUT2D eigenvalue weighted by molar-refractivity contribution is 5.02. The Morgan fingerprint density at radius 3 is 1.75 bits per heavy atom. The fourth-order valence-corrected chi connectivity index (χ4v) is 1.16. The summed E-state index contributed by atoms with van der Waals surface area (Å²) < 4.78 is 10.3. The summed E-state index contributed by atoms with van der Waals surface area (Å²) in [7, 11) is 0. The lowest BCUT2D eigenvalue weighted by molar-refractivity contribution is -0.187. The van der Waals surface area contributed by atoms with Crippen molar-refractivity contribution < 1.29 is 9.47 Å². The molecule has 0 spiro atoms. The second-order valence-corrected chi connectivity index (χ2v) is 4.16. The first kappa shape index (κ1) is 13.1. The van der Waals surface area contributed by atoms with Crippen molar-refractivity contribution in [3.8, 4) is 0 Å². The van der Waals surface area contributed by atoms with Crippen molar-refractivity contribution in [2.24, 2.45) is 5.92 Å². The van der Waals surface area contributed by atoms with Crippen LogP contribution in [0.25, 0.3) is 0 Å². The highest BCUT2D eigenvalue weighted by atomic mass is 16.7. The fraction of sp³-hybridized carbons (Fsp3) is 0.667. The Hall–Kier alpha value is -1.00. The second kappa shape index (κ2) is 6.55. The van der Waals surface area contributed by atoms with Crippen molar-refractivity contribution >= 4 is 0 Å². The van der Waals surface area contributed by atoms with Gasteiger partial charge in [0.05, 0.1) is 24.6 Å². The van der Waals surface area contributed by atoms with Gasteiger partial charge in [0.25, 0.3) is 0 Å². The van der Waals surface area contributed by atoms with Crippen molar-refractivity contribution in [2.75, 3.05) is 13.2 Å². The molecule has 4 nitrogen and oxygen atoms in total. The molecule has 1 aromatic rings. The van der Waals surface area contributed by atoms with Gasteiger partial charge in [0, 0.05) is 5.92 Å². The third kappa shape index (κ3) is 5.19. The molecule has 1 fully saturated rings. The van der Waals surface area contributed by atoms with E-state index < -0.39 is 0 Å². The van der Waals surface area contributed by atoms with Crippen LogP contribution < -0.4 is 0 Å². The highest BCUT2D eigenvalue weighted by Crippen LogP contribution is 2.08. The van der Waals surface area contributed by atoms with Gasteiger partial charge < -0.3 is 9.47 Å². The van der Waals surface area contributed by atoms with E-state index >= 15 is 0 Å². The monoisotopic (exact) mass is 224 g/mol. The molecule has 0 radical (unpaired) electrons. The maximum atomic E-state index is 5.17. The van der Waals surface area contributed by atoms with Crippen molar-refractivity contribution in [3.63, 3.8) is 0 Å². The van der Waals surface area contributed by atoms with E-state index in [0.717, 1.165) is 24.6 Å². The minimum atomic E-state index is 0.0196. The van der Waals surface area contributed by atoms with E-state index in [1.807, 2.05) is 32.9 Å². The predicted molar refractivity (Wildman–Crippen MR) is 62.0 cm³/mol. The first-order chi connectivity index (χ1) is 7.58. The Labute approximate surface area is 97.0 Å². The predicted octanol–water partition coefficient (Wildman–Crippen LogP) is 2.11. The van der Waals surface area contributed by atoms with Crippen LogP contribution in [0.4, 0.5) is 0 Å². The summed E-state index contributed by atoms with van der Waals surface area (Å²) in [5.74, 6) is 0.575. The van der Waals surface area contributed by atoms with Crippen LogP contribution in [-0.2, 0) is 9.47 Å². The lowest BCUT2D eigenvalue weighted by atomic mass is 10.2. The molecule has 2 heterocycles. The Bertz CT molecular complexity index is 261. The quantitative estimate of drug-likeness (QED) is 0.677. The van der Waals surface area contributed by atoms with Crippen LogP contribution in [0.1, 0.15) is 25.2 Å². The SMILES string of the molecule is CC1COC(C)OC1.Cc1ccc(C)nn1. The minimum Gasteiger partial charge on any atom is -0.353 e. The van der Waals surface area contributed by atoms with Gasteiger partial charge >= 0.3 is 0 Å². The number of nitrogens with zero attached hydrogens (tertiary/aromatic N) is 2. The molecule has 0 amide bonds. The largest absolute Gasteiger partial charge is 0.353 e. The maximum Gasteiger partial charge on any atom is 0.154 e. The summed E-state index contributed by atoms with van der Waals surface area (Å²) in [5, 5.41) is 7.66. The Morgan fingerprint density at radius 1 is 1.00 bits per heavy atom. The number of rotatable bonds is 0. The lowest BCUT2D eigenvalue weighted by Gasteiger charge is -2.24. The van der Waals surface area contributed by atoms with Gasteiger partial charge in [-0.05, 0) is 32.9 Å². The second-order valence-electron chi connectivity index (χ2n) is 4.16. The van der Waals surface area contributed by atoms with Crippen molar-refractivity contribution in [1.29, 1.82) is 0 Å². The third-order valence-electron chi connectivity index (χ3n) is 2.16. The number of hydrogen-bond acceptors (Lipinski definition) is 4. The average Bonchev–Trinajstić information content (AvgIpc) is 2.28. The van der Waals surface area contributed by atoms with E-state index in [0.29, 0.717) is 5.92 Å². The van der Waals surface area contributed by atoms with Gasteiger partial charge in [-0.1, -0.05) is 6.92 Å². The summed E-state index contributed by atoms with van der Waals surface area (Å²) in [4.78, 5) is 0.